The predicted molar refractivity (Wildman–Crippen MR) is 71.1 cm³/mol. The molecule has 1 fully saturated rings. The lowest BCUT2D eigenvalue weighted by Gasteiger charge is -2.15. The molecular weight excluding hydrogens is 240 g/mol. The van der Waals surface area contributed by atoms with Crippen molar-refractivity contribution in [1.29, 1.82) is 0 Å². The lowest BCUT2D eigenvalue weighted by atomic mass is 10.3. The summed E-state index contributed by atoms with van der Waals surface area (Å²) in [5.74, 6) is -0.113. The summed E-state index contributed by atoms with van der Waals surface area (Å²) in [6, 6.07) is 9.67. The first-order valence-electron chi connectivity index (χ1n) is 4.70. The van der Waals surface area contributed by atoms with Crippen molar-refractivity contribution in [2.24, 2.45) is 0 Å². The summed E-state index contributed by atoms with van der Waals surface area (Å²) in [6.07, 6.45) is 0. The molecule has 1 saturated heterocycles. The third kappa shape index (κ3) is 2.25. The molecule has 2 rings (SSSR count). The molecule has 1 aliphatic rings. The Kier molecular flexibility index (Phi) is 3.26. The Labute approximate surface area is 104 Å². The molecule has 1 aromatic carbocycles. The number of rotatable bonds is 3. The summed E-state index contributed by atoms with van der Waals surface area (Å²) in [7, 11) is 0. The van der Waals surface area contributed by atoms with Crippen molar-refractivity contribution >= 4 is 39.9 Å². The summed E-state index contributed by atoms with van der Waals surface area (Å²) in [5.41, 5.74) is 0.959. The van der Waals surface area contributed by atoms with Crippen LogP contribution in [0.3, 0.4) is 0 Å². The molecule has 0 spiro atoms. The highest BCUT2D eigenvalue weighted by atomic mass is 32.2. The van der Waals surface area contributed by atoms with Gasteiger partial charge in [-0.05, 0) is 12.1 Å². The Bertz CT molecular complexity index is 445. The highest BCUT2D eigenvalue weighted by Crippen LogP contribution is 2.28. The summed E-state index contributed by atoms with van der Waals surface area (Å²) < 4.78 is 0.554. The van der Waals surface area contributed by atoms with Gasteiger partial charge in [-0.3, -0.25) is 9.69 Å². The molecule has 0 aromatic heterocycles. The fourth-order valence-electron chi connectivity index (χ4n) is 1.30. The SMILES string of the molecule is C=C1SC(=S)N(CNc2ccccc2)C1=O. The van der Waals surface area contributed by atoms with E-state index in [1.54, 1.807) is 0 Å². The predicted octanol–water partition coefficient (Wildman–Crippen LogP) is 2.43. The Balaban J connectivity index is 1.99. The highest BCUT2D eigenvalue weighted by molar-refractivity contribution is 8.26. The summed E-state index contributed by atoms with van der Waals surface area (Å²) in [6.45, 7) is 4.03. The lowest BCUT2D eigenvalue weighted by molar-refractivity contribution is -0.121. The van der Waals surface area contributed by atoms with E-state index in [2.05, 4.69) is 11.9 Å². The number of para-hydroxylation sites is 1. The van der Waals surface area contributed by atoms with Crippen LogP contribution in [-0.4, -0.2) is 21.8 Å². The van der Waals surface area contributed by atoms with E-state index >= 15 is 0 Å². The number of thioether (sulfide) groups is 1. The maximum atomic E-state index is 11.6. The first-order chi connectivity index (χ1) is 7.68. The Morgan fingerprint density at radius 3 is 2.62 bits per heavy atom. The van der Waals surface area contributed by atoms with E-state index < -0.39 is 0 Å². The minimum Gasteiger partial charge on any atom is -0.367 e. The van der Waals surface area contributed by atoms with E-state index in [-0.39, 0.29) is 5.91 Å². The second kappa shape index (κ2) is 4.67. The van der Waals surface area contributed by atoms with Gasteiger partial charge in [-0.25, -0.2) is 0 Å². The third-order valence-corrected chi connectivity index (χ3v) is 3.42. The number of benzene rings is 1. The van der Waals surface area contributed by atoms with E-state index in [1.165, 1.54) is 16.7 Å². The minimum atomic E-state index is -0.113. The fraction of sp³-hybridized carbons (Fsp3) is 0.0909. The van der Waals surface area contributed by atoms with Crippen molar-refractivity contribution in [3.8, 4) is 0 Å². The number of nitrogens with one attached hydrogen (secondary N) is 1. The molecule has 1 aliphatic heterocycles. The van der Waals surface area contributed by atoms with Crippen molar-refractivity contribution in [2.45, 2.75) is 0 Å². The monoisotopic (exact) mass is 250 g/mol. The molecule has 1 heterocycles. The molecular formula is C11H10N2OS2. The molecule has 0 bridgehead atoms. The van der Waals surface area contributed by atoms with Gasteiger partial charge in [-0.1, -0.05) is 48.8 Å². The van der Waals surface area contributed by atoms with E-state index in [0.29, 0.717) is 15.9 Å². The van der Waals surface area contributed by atoms with Gasteiger partial charge >= 0.3 is 0 Å². The molecule has 82 valence electrons. The normalized spacial score (nSPS) is 15.8. The molecule has 0 aliphatic carbocycles. The standard InChI is InChI=1S/C11H10N2OS2/c1-8-10(14)13(11(15)16-8)7-12-9-5-3-2-4-6-9/h2-6,12H,1,7H2. The van der Waals surface area contributed by atoms with Crippen LogP contribution >= 0.6 is 24.0 Å². The number of amides is 1. The molecule has 5 heteroatoms. The van der Waals surface area contributed by atoms with Crippen LogP contribution in [0.4, 0.5) is 5.69 Å². The topological polar surface area (TPSA) is 32.3 Å². The summed E-state index contributed by atoms with van der Waals surface area (Å²) >= 11 is 6.32. The second-order valence-corrected chi connectivity index (χ2v) is 4.95. The van der Waals surface area contributed by atoms with Crippen LogP contribution < -0.4 is 5.32 Å². The number of carbonyl (C=O) groups is 1. The van der Waals surface area contributed by atoms with Crippen molar-refractivity contribution in [1.82, 2.24) is 4.90 Å². The van der Waals surface area contributed by atoms with Crippen LogP contribution in [0.25, 0.3) is 0 Å². The molecule has 0 unspecified atom stereocenters. The van der Waals surface area contributed by atoms with E-state index in [0.717, 1.165) is 5.69 Å². The average Bonchev–Trinajstić information content (AvgIpc) is 2.53. The molecule has 3 nitrogen and oxygen atoms in total. The van der Waals surface area contributed by atoms with E-state index in [9.17, 15) is 4.79 Å². The van der Waals surface area contributed by atoms with Crippen molar-refractivity contribution in [3.63, 3.8) is 0 Å². The number of hydrogen-bond donors (Lipinski definition) is 1. The molecule has 0 atom stereocenters. The van der Waals surface area contributed by atoms with Gasteiger partial charge in [0, 0.05) is 5.69 Å². The lowest BCUT2D eigenvalue weighted by Crippen LogP contribution is -2.32. The van der Waals surface area contributed by atoms with Crippen LogP contribution in [-0.2, 0) is 4.79 Å². The van der Waals surface area contributed by atoms with Crippen LogP contribution in [0.5, 0.6) is 0 Å². The molecule has 16 heavy (non-hydrogen) atoms. The quantitative estimate of drug-likeness (QED) is 0.659. The number of hydrogen-bond acceptors (Lipinski definition) is 4. The third-order valence-electron chi connectivity index (χ3n) is 2.13. The van der Waals surface area contributed by atoms with Gasteiger partial charge in [0.1, 0.15) is 4.32 Å². The minimum absolute atomic E-state index is 0.113. The highest BCUT2D eigenvalue weighted by Gasteiger charge is 2.30. The van der Waals surface area contributed by atoms with Gasteiger partial charge in [0.25, 0.3) is 5.91 Å². The molecule has 1 N–H and O–H groups in total. The molecule has 1 amide bonds. The number of nitrogens with zero attached hydrogens (tertiary/aromatic N) is 1. The number of anilines is 1. The maximum absolute atomic E-state index is 11.6. The van der Waals surface area contributed by atoms with Gasteiger partial charge in [0.2, 0.25) is 0 Å². The Hall–Kier alpha value is -1.33. The van der Waals surface area contributed by atoms with E-state index in [4.69, 9.17) is 12.2 Å². The number of thiocarbonyl (C=S) groups is 1. The zero-order valence-corrected chi connectivity index (χ0v) is 10.1. The smallest absolute Gasteiger partial charge is 0.267 e. The first kappa shape index (κ1) is 11.2. The summed E-state index contributed by atoms with van der Waals surface area (Å²) in [5, 5.41) is 3.13. The van der Waals surface area contributed by atoms with Gasteiger partial charge in [-0.2, -0.15) is 0 Å². The van der Waals surface area contributed by atoms with Crippen LogP contribution in [0.2, 0.25) is 0 Å². The maximum Gasteiger partial charge on any atom is 0.267 e. The van der Waals surface area contributed by atoms with Crippen molar-refractivity contribution in [3.05, 3.63) is 41.8 Å². The Morgan fingerprint density at radius 2 is 2.06 bits per heavy atom. The van der Waals surface area contributed by atoms with Gasteiger partial charge in [0.15, 0.2) is 0 Å². The van der Waals surface area contributed by atoms with Crippen LogP contribution in [0, 0.1) is 0 Å². The molecule has 0 saturated carbocycles. The average molecular weight is 250 g/mol. The van der Waals surface area contributed by atoms with Gasteiger partial charge in [0.05, 0.1) is 11.6 Å². The van der Waals surface area contributed by atoms with Crippen molar-refractivity contribution in [2.75, 3.05) is 12.0 Å². The zero-order valence-electron chi connectivity index (χ0n) is 8.47. The Morgan fingerprint density at radius 1 is 1.38 bits per heavy atom. The van der Waals surface area contributed by atoms with E-state index in [1.807, 2.05) is 30.3 Å². The molecule has 0 radical (unpaired) electrons. The zero-order chi connectivity index (χ0) is 11.5. The van der Waals surface area contributed by atoms with Crippen LogP contribution in [0.1, 0.15) is 0 Å². The van der Waals surface area contributed by atoms with Crippen molar-refractivity contribution < 1.29 is 4.79 Å². The molecule has 1 aromatic rings. The second-order valence-electron chi connectivity index (χ2n) is 3.23. The van der Waals surface area contributed by atoms with Crippen LogP contribution in [0.15, 0.2) is 41.8 Å². The van der Waals surface area contributed by atoms with Gasteiger partial charge < -0.3 is 5.32 Å². The summed E-state index contributed by atoms with van der Waals surface area (Å²) in [4.78, 5) is 13.6. The van der Waals surface area contributed by atoms with Gasteiger partial charge in [-0.15, -0.1) is 0 Å². The fourth-order valence-corrected chi connectivity index (χ4v) is 2.42. The largest absolute Gasteiger partial charge is 0.367 e. The first-order valence-corrected chi connectivity index (χ1v) is 5.92. The number of carbonyl (C=O) groups excluding carboxylic acids is 1.